The zero-order chi connectivity index (χ0) is 24.2. The quantitative estimate of drug-likeness (QED) is 0.619. The van der Waals surface area contributed by atoms with Crippen LogP contribution in [-0.2, 0) is 16.4 Å². The minimum absolute atomic E-state index is 0.0234. The second-order valence-electron chi connectivity index (χ2n) is 9.31. The molecule has 34 heavy (non-hydrogen) atoms. The Bertz CT molecular complexity index is 1210. The lowest BCUT2D eigenvalue weighted by molar-refractivity contribution is 0.176. The lowest BCUT2D eigenvalue weighted by atomic mass is 9.94. The van der Waals surface area contributed by atoms with Gasteiger partial charge in [-0.2, -0.15) is 0 Å². The van der Waals surface area contributed by atoms with E-state index in [9.17, 15) is 22.0 Å². The van der Waals surface area contributed by atoms with Gasteiger partial charge in [-0.25, -0.2) is 31.1 Å². The highest BCUT2D eigenvalue weighted by Crippen LogP contribution is 2.49. The molecule has 0 spiro atoms. The topological polar surface area (TPSA) is 78.5 Å². The molecule has 182 valence electrons. The summed E-state index contributed by atoms with van der Waals surface area (Å²) >= 11 is 0. The first-order chi connectivity index (χ1) is 16.2. The molecule has 0 aromatic heterocycles. The van der Waals surface area contributed by atoms with Gasteiger partial charge in [0, 0.05) is 30.3 Å². The maximum Gasteiger partial charge on any atom is 0.317 e. The molecule has 6 nitrogen and oxygen atoms in total. The summed E-state index contributed by atoms with van der Waals surface area (Å²) in [6.07, 6.45) is 1.99. The maximum atomic E-state index is 15.6. The van der Waals surface area contributed by atoms with Crippen LogP contribution in [0.3, 0.4) is 0 Å². The molecule has 4 atom stereocenters. The summed E-state index contributed by atoms with van der Waals surface area (Å²) in [5, 5.41) is 2.37. The second-order valence-corrected chi connectivity index (χ2v) is 11.3. The number of likely N-dealkylation sites (tertiary alicyclic amines) is 1. The number of hydrogen-bond acceptors (Lipinski definition) is 3. The zero-order valence-electron chi connectivity index (χ0n) is 18.6. The number of amides is 2. The average molecular weight is 494 g/mol. The molecule has 1 saturated heterocycles. The van der Waals surface area contributed by atoms with Gasteiger partial charge in [0.25, 0.3) is 0 Å². The van der Waals surface area contributed by atoms with E-state index in [1.165, 1.54) is 6.07 Å². The van der Waals surface area contributed by atoms with Crippen LogP contribution in [0, 0.1) is 23.4 Å². The number of halogens is 3. The monoisotopic (exact) mass is 493 g/mol. The van der Waals surface area contributed by atoms with Gasteiger partial charge in [0.2, 0.25) is 10.0 Å². The number of rotatable bonds is 7. The van der Waals surface area contributed by atoms with Crippen LogP contribution >= 0.6 is 0 Å². The smallest absolute Gasteiger partial charge is 0.317 e. The van der Waals surface area contributed by atoms with Crippen molar-refractivity contribution in [2.24, 2.45) is 5.92 Å². The molecule has 1 aliphatic heterocycles. The highest BCUT2D eigenvalue weighted by atomic mass is 32.2. The van der Waals surface area contributed by atoms with Crippen molar-refractivity contribution >= 4 is 16.1 Å². The predicted octanol–water partition coefficient (Wildman–Crippen LogP) is 3.57. The molecule has 2 aromatic carbocycles. The molecule has 2 aromatic rings. The van der Waals surface area contributed by atoms with E-state index in [-0.39, 0.29) is 41.1 Å². The van der Waals surface area contributed by atoms with Crippen molar-refractivity contribution in [2.75, 3.05) is 6.54 Å². The van der Waals surface area contributed by atoms with Crippen LogP contribution in [0.5, 0.6) is 0 Å². The van der Waals surface area contributed by atoms with Gasteiger partial charge in [0.05, 0.1) is 11.3 Å². The SMILES string of the molecule is CCNC(=O)N1[C@H]2C[C@H]2[C@H](NS(=O)(=O)C2CC2)[C@@H]1Cc1cccc(-c2cc(F)cc(F)c2)c1F. The van der Waals surface area contributed by atoms with E-state index in [1.807, 2.05) is 0 Å². The Morgan fingerprint density at radius 1 is 1.12 bits per heavy atom. The van der Waals surface area contributed by atoms with E-state index in [4.69, 9.17) is 0 Å². The van der Waals surface area contributed by atoms with Crippen LogP contribution < -0.4 is 10.0 Å². The van der Waals surface area contributed by atoms with E-state index in [1.54, 1.807) is 24.0 Å². The molecule has 1 heterocycles. The lowest BCUT2D eigenvalue weighted by Gasteiger charge is -2.32. The fourth-order valence-corrected chi connectivity index (χ4v) is 6.77. The molecule has 2 aliphatic carbocycles. The van der Waals surface area contributed by atoms with Gasteiger partial charge in [-0.15, -0.1) is 0 Å². The molecule has 3 aliphatic rings. The van der Waals surface area contributed by atoms with Crippen LogP contribution in [0.4, 0.5) is 18.0 Å². The van der Waals surface area contributed by atoms with Gasteiger partial charge >= 0.3 is 6.03 Å². The summed E-state index contributed by atoms with van der Waals surface area (Å²) in [6.45, 7) is 2.20. The number of sulfonamides is 1. The lowest BCUT2D eigenvalue weighted by Crippen LogP contribution is -2.53. The Morgan fingerprint density at radius 3 is 2.47 bits per heavy atom. The molecule has 2 saturated carbocycles. The van der Waals surface area contributed by atoms with E-state index >= 15 is 4.39 Å². The highest BCUT2D eigenvalue weighted by Gasteiger charge is 2.61. The van der Waals surface area contributed by atoms with Gasteiger partial charge in [-0.3, -0.25) is 0 Å². The van der Waals surface area contributed by atoms with Crippen molar-refractivity contribution in [2.45, 2.75) is 56.0 Å². The number of nitrogens with zero attached hydrogens (tertiary/aromatic N) is 1. The minimum atomic E-state index is -3.52. The third-order valence-corrected chi connectivity index (χ3v) is 8.85. The van der Waals surface area contributed by atoms with Gasteiger partial charge in [0.1, 0.15) is 17.5 Å². The van der Waals surface area contributed by atoms with Crippen molar-refractivity contribution in [1.82, 2.24) is 14.9 Å². The summed E-state index contributed by atoms with van der Waals surface area (Å²) in [5.41, 5.74) is 0.356. The number of carbonyl (C=O) groups is 1. The fraction of sp³-hybridized carbons (Fsp3) is 0.458. The Labute approximate surface area is 196 Å². The van der Waals surface area contributed by atoms with Crippen molar-refractivity contribution in [1.29, 1.82) is 0 Å². The molecule has 0 radical (unpaired) electrons. The third-order valence-electron chi connectivity index (χ3n) is 6.90. The number of piperidine rings is 1. The first-order valence-electron chi connectivity index (χ1n) is 11.5. The average Bonchev–Trinajstić information content (AvgIpc) is 3.67. The predicted molar refractivity (Wildman–Crippen MR) is 121 cm³/mol. The maximum absolute atomic E-state index is 15.6. The number of carbonyl (C=O) groups excluding carboxylic acids is 1. The van der Waals surface area contributed by atoms with Gasteiger partial charge in [-0.05, 0) is 61.8 Å². The molecule has 5 rings (SSSR count). The summed E-state index contributed by atoms with van der Waals surface area (Å²) < 4.78 is 71.3. The first kappa shape index (κ1) is 23.2. The highest BCUT2D eigenvalue weighted by molar-refractivity contribution is 7.90. The Hall–Kier alpha value is -2.59. The molecule has 2 amide bonds. The Balaban J connectivity index is 1.48. The number of nitrogens with one attached hydrogen (secondary N) is 2. The molecular formula is C24H26F3N3O3S. The van der Waals surface area contributed by atoms with E-state index < -0.39 is 44.8 Å². The normalized spacial score (nSPS) is 25.8. The van der Waals surface area contributed by atoms with Crippen LogP contribution in [0.1, 0.15) is 31.7 Å². The third kappa shape index (κ3) is 4.29. The van der Waals surface area contributed by atoms with Gasteiger partial charge < -0.3 is 10.2 Å². The van der Waals surface area contributed by atoms with Crippen molar-refractivity contribution in [3.8, 4) is 11.1 Å². The van der Waals surface area contributed by atoms with Crippen LogP contribution in [0.15, 0.2) is 36.4 Å². The van der Waals surface area contributed by atoms with Crippen LogP contribution in [0.25, 0.3) is 11.1 Å². The van der Waals surface area contributed by atoms with Crippen molar-refractivity contribution in [3.63, 3.8) is 0 Å². The molecule has 10 heteroatoms. The summed E-state index contributed by atoms with van der Waals surface area (Å²) in [5.74, 6) is -2.29. The molecular weight excluding hydrogens is 467 g/mol. The molecule has 0 unspecified atom stereocenters. The Kier molecular flexibility index (Phi) is 5.84. The molecule has 0 bridgehead atoms. The summed E-state index contributed by atoms with van der Waals surface area (Å²) in [6, 6.07) is 5.90. The fourth-order valence-electron chi connectivity index (χ4n) is 5.10. The number of hydrogen-bond donors (Lipinski definition) is 2. The number of urea groups is 1. The van der Waals surface area contributed by atoms with Gasteiger partial charge in [-0.1, -0.05) is 18.2 Å². The number of benzene rings is 2. The van der Waals surface area contributed by atoms with E-state index in [2.05, 4.69) is 10.0 Å². The van der Waals surface area contributed by atoms with Gasteiger partial charge in [0.15, 0.2) is 0 Å². The zero-order valence-corrected chi connectivity index (χ0v) is 19.4. The minimum Gasteiger partial charge on any atom is -0.338 e. The van der Waals surface area contributed by atoms with Crippen molar-refractivity contribution < 1.29 is 26.4 Å². The van der Waals surface area contributed by atoms with E-state index in [0.717, 1.165) is 18.2 Å². The standard InChI is InChI=1S/C24H26F3N3O3S/c1-2-28-24(31)30-20-12-19(20)23(29-34(32,33)17-6-7-17)21(30)10-13-4-3-5-18(22(13)27)14-8-15(25)11-16(26)9-14/h3-5,8-9,11,17,19-21,23,29H,2,6-7,10,12H2,1H3,(H,28,31)/t19-,20+,21+,23+/m1/s1. The van der Waals surface area contributed by atoms with Crippen LogP contribution in [0.2, 0.25) is 0 Å². The largest absolute Gasteiger partial charge is 0.338 e. The summed E-state index contributed by atoms with van der Waals surface area (Å²) in [4.78, 5) is 14.5. The van der Waals surface area contributed by atoms with E-state index in [0.29, 0.717) is 25.8 Å². The first-order valence-corrected chi connectivity index (χ1v) is 13.1. The molecule has 3 fully saturated rings. The number of fused-ring (bicyclic) bond motifs is 1. The van der Waals surface area contributed by atoms with Crippen molar-refractivity contribution in [3.05, 3.63) is 59.4 Å². The summed E-state index contributed by atoms with van der Waals surface area (Å²) in [7, 11) is -3.52. The second kappa shape index (κ2) is 8.57. The molecule has 2 N–H and O–H groups in total. The Morgan fingerprint density at radius 2 is 1.82 bits per heavy atom. The van der Waals surface area contributed by atoms with Crippen LogP contribution in [-0.4, -0.2) is 49.3 Å².